The zero-order chi connectivity index (χ0) is 16.8. The van der Waals surface area contributed by atoms with Crippen LogP contribution in [-0.2, 0) is 4.79 Å². The number of hydrogen-bond donors (Lipinski definition) is 2. The lowest BCUT2D eigenvalue weighted by molar-refractivity contribution is -0.117. The van der Waals surface area contributed by atoms with Crippen molar-refractivity contribution < 1.29 is 9.59 Å². The highest BCUT2D eigenvalue weighted by Crippen LogP contribution is 2.19. The van der Waals surface area contributed by atoms with Gasteiger partial charge in [0, 0.05) is 35.8 Å². The van der Waals surface area contributed by atoms with Crippen molar-refractivity contribution in [1.29, 1.82) is 0 Å². The van der Waals surface area contributed by atoms with Crippen molar-refractivity contribution in [2.75, 3.05) is 29.9 Å². The van der Waals surface area contributed by atoms with Crippen LogP contribution in [0.2, 0.25) is 0 Å². The smallest absolute Gasteiger partial charge is 0.253 e. The van der Waals surface area contributed by atoms with Crippen molar-refractivity contribution >= 4 is 29.3 Å². The van der Waals surface area contributed by atoms with Gasteiger partial charge in [0.15, 0.2) is 0 Å². The van der Waals surface area contributed by atoms with Crippen LogP contribution < -0.4 is 11.1 Å². The van der Waals surface area contributed by atoms with E-state index < -0.39 is 6.04 Å². The Kier molecular flexibility index (Phi) is 6.47. The number of carbonyl (C=O) groups excluding carboxylic acids is 2. The highest BCUT2D eigenvalue weighted by molar-refractivity contribution is 7.99. The van der Waals surface area contributed by atoms with Crippen molar-refractivity contribution in [2.45, 2.75) is 32.7 Å². The molecule has 23 heavy (non-hydrogen) atoms. The van der Waals surface area contributed by atoms with E-state index in [9.17, 15) is 9.59 Å². The lowest BCUT2D eigenvalue weighted by atomic mass is 10.1. The average molecular weight is 335 g/mol. The molecule has 1 aliphatic heterocycles. The van der Waals surface area contributed by atoms with Crippen LogP contribution in [-0.4, -0.2) is 47.4 Å². The van der Waals surface area contributed by atoms with E-state index in [1.807, 2.05) is 36.6 Å². The standard InChI is InChI=1S/C17H25N3O2S/c1-3-4-14(18)16(21)19-15-6-5-13(11-12(15)2)17(22)20-7-9-23-10-8-20/h5-6,11,14H,3-4,7-10,18H2,1-2H3,(H,19,21). The zero-order valence-electron chi connectivity index (χ0n) is 13.8. The largest absolute Gasteiger partial charge is 0.337 e. The summed E-state index contributed by atoms with van der Waals surface area (Å²) in [5.74, 6) is 1.87. The molecule has 3 N–H and O–H groups in total. The first-order valence-corrected chi connectivity index (χ1v) is 9.22. The lowest BCUT2D eigenvalue weighted by Gasteiger charge is -2.26. The fourth-order valence-corrected chi connectivity index (χ4v) is 3.46. The van der Waals surface area contributed by atoms with Crippen molar-refractivity contribution in [3.8, 4) is 0 Å². The number of rotatable bonds is 5. The first-order chi connectivity index (χ1) is 11.0. The number of hydrogen-bond acceptors (Lipinski definition) is 4. The first kappa shape index (κ1) is 17.8. The van der Waals surface area contributed by atoms with E-state index in [2.05, 4.69) is 5.32 Å². The highest BCUT2D eigenvalue weighted by atomic mass is 32.2. The lowest BCUT2D eigenvalue weighted by Crippen LogP contribution is -2.38. The van der Waals surface area contributed by atoms with E-state index in [1.165, 1.54) is 0 Å². The molecule has 1 aliphatic rings. The number of aryl methyl sites for hydroxylation is 1. The summed E-state index contributed by atoms with van der Waals surface area (Å²) in [6.45, 7) is 5.49. The Morgan fingerprint density at radius 1 is 1.35 bits per heavy atom. The molecule has 5 nitrogen and oxygen atoms in total. The quantitative estimate of drug-likeness (QED) is 0.865. The van der Waals surface area contributed by atoms with E-state index in [4.69, 9.17) is 5.73 Å². The maximum absolute atomic E-state index is 12.5. The predicted molar refractivity (Wildman–Crippen MR) is 95.9 cm³/mol. The molecular formula is C17H25N3O2S. The molecule has 1 aromatic carbocycles. The van der Waals surface area contributed by atoms with E-state index in [-0.39, 0.29) is 11.8 Å². The van der Waals surface area contributed by atoms with E-state index >= 15 is 0 Å². The van der Waals surface area contributed by atoms with Crippen LogP contribution in [0.25, 0.3) is 0 Å². The van der Waals surface area contributed by atoms with Gasteiger partial charge < -0.3 is 16.0 Å². The van der Waals surface area contributed by atoms with Crippen LogP contribution in [0.3, 0.4) is 0 Å². The second-order valence-electron chi connectivity index (χ2n) is 5.82. The van der Waals surface area contributed by atoms with Crippen molar-refractivity contribution in [3.63, 3.8) is 0 Å². The SMILES string of the molecule is CCCC(N)C(=O)Nc1ccc(C(=O)N2CCSCC2)cc1C. The molecule has 1 fully saturated rings. The second kappa shape index (κ2) is 8.36. The molecule has 0 aliphatic carbocycles. The summed E-state index contributed by atoms with van der Waals surface area (Å²) in [5.41, 5.74) is 8.09. The third-order valence-electron chi connectivity index (χ3n) is 3.97. The van der Waals surface area contributed by atoms with Gasteiger partial charge in [-0.15, -0.1) is 0 Å². The van der Waals surface area contributed by atoms with Crippen LogP contribution in [0.4, 0.5) is 5.69 Å². The molecule has 0 bridgehead atoms. The molecule has 1 aromatic rings. The Balaban J connectivity index is 2.05. The second-order valence-corrected chi connectivity index (χ2v) is 7.04. The van der Waals surface area contributed by atoms with Crippen molar-refractivity contribution in [3.05, 3.63) is 29.3 Å². The van der Waals surface area contributed by atoms with Crippen LogP contribution in [0.1, 0.15) is 35.7 Å². The average Bonchev–Trinajstić information content (AvgIpc) is 2.57. The molecule has 6 heteroatoms. The molecule has 0 radical (unpaired) electrons. The van der Waals surface area contributed by atoms with Gasteiger partial charge in [-0.2, -0.15) is 11.8 Å². The Morgan fingerprint density at radius 2 is 2.04 bits per heavy atom. The van der Waals surface area contributed by atoms with E-state index in [0.29, 0.717) is 17.7 Å². The van der Waals surface area contributed by atoms with Crippen molar-refractivity contribution in [2.24, 2.45) is 5.73 Å². The van der Waals surface area contributed by atoms with E-state index in [1.54, 1.807) is 12.1 Å². The number of amides is 2. The van der Waals surface area contributed by atoms with Gasteiger partial charge in [-0.3, -0.25) is 9.59 Å². The molecule has 1 heterocycles. The monoisotopic (exact) mass is 335 g/mol. The minimum Gasteiger partial charge on any atom is -0.337 e. The number of nitrogens with two attached hydrogens (primary N) is 1. The van der Waals surface area contributed by atoms with Crippen molar-refractivity contribution in [1.82, 2.24) is 4.90 Å². The number of carbonyl (C=O) groups is 2. The van der Waals surface area contributed by atoms with Gasteiger partial charge in [-0.1, -0.05) is 13.3 Å². The van der Waals surface area contributed by atoms with Gasteiger partial charge in [-0.25, -0.2) is 0 Å². The summed E-state index contributed by atoms with van der Waals surface area (Å²) in [5, 5.41) is 2.85. The highest BCUT2D eigenvalue weighted by Gasteiger charge is 2.19. The van der Waals surface area contributed by atoms with Gasteiger partial charge in [0.05, 0.1) is 6.04 Å². The molecular weight excluding hydrogens is 310 g/mol. The number of nitrogens with one attached hydrogen (secondary N) is 1. The number of nitrogens with zero attached hydrogens (tertiary/aromatic N) is 1. The Morgan fingerprint density at radius 3 is 2.65 bits per heavy atom. The molecule has 1 unspecified atom stereocenters. The Hall–Kier alpha value is -1.53. The maximum atomic E-state index is 12.5. The maximum Gasteiger partial charge on any atom is 0.253 e. The van der Waals surface area contributed by atoms with Crippen LogP contribution in [0.5, 0.6) is 0 Å². The molecule has 2 amide bonds. The van der Waals surface area contributed by atoms with Crippen LogP contribution in [0.15, 0.2) is 18.2 Å². The summed E-state index contributed by atoms with van der Waals surface area (Å²) >= 11 is 1.88. The summed E-state index contributed by atoms with van der Waals surface area (Å²) in [6.07, 6.45) is 1.53. The van der Waals surface area contributed by atoms with E-state index in [0.717, 1.165) is 36.6 Å². The predicted octanol–water partition coefficient (Wildman–Crippen LogP) is 2.25. The molecule has 1 saturated heterocycles. The number of anilines is 1. The molecule has 0 saturated carbocycles. The zero-order valence-corrected chi connectivity index (χ0v) is 14.6. The number of benzene rings is 1. The molecule has 0 aromatic heterocycles. The summed E-state index contributed by atoms with van der Waals surface area (Å²) in [7, 11) is 0. The third kappa shape index (κ3) is 4.72. The fraction of sp³-hybridized carbons (Fsp3) is 0.529. The Labute approximate surface area is 142 Å². The normalized spacial score (nSPS) is 16.0. The minimum absolute atomic E-state index is 0.0639. The molecule has 1 atom stereocenters. The van der Waals surface area contributed by atoms with Crippen LogP contribution >= 0.6 is 11.8 Å². The summed E-state index contributed by atoms with van der Waals surface area (Å²) in [4.78, 5) is 26.4. The van der Waals surface area contributed by atoms with Gasteiger partial charge in [-0.05, 0) is 37.1 Å². The minimum atomic E-state index is -0.494. The fourth-order valence-electron chi connectivity index (χ4n) is 2.55. The van der Waals surface area contributed by atoms with Crippen LogP contribution in [0, 0.1) is 6.92 Å². The van der Waals surface area contributed by atoms with Gasteiger partial charge in [0.25, 0.3) is 5.91 Å². The van der Waals surface area contributed by atoms with Gasteiger partial charge in [0.2, 0.25) is 5.91 Å². The molecule has 126 valence electrons. The van der Waals surface area contributed by atoms with Gasteiger partial charge in [0.1, 0.15) is 0 Å². The summed E-state index contributed by atoms with van der Waals surface area (Å²) < 4.78 is 0. The number of thioether (sulfide) groups is 1. The molecule has 2 rings (SSSR count). The summed E-state index contributed by atoms with van der Waals surface area (Å²) in [6, 6.07) is 4.91. The Bertz CT molecular complexity index is 571. The van der Waals surface area contributed by atoms with Gasteiger partial charge >= 0.3 is 0 Å². The topological polar surface area (TPSA) is 75.4 Å². The molecule has 0 spiro atoms. The third-order valence-corrected chi connectivity index (χ3v) is 4.91. The first-order valence-electron chi connectivity index (χ1n) is 8.07.